The fourth-order valence-corrected chi connectivity index (χ4v) is 3.67. The van der Waals surface area contributed by atoms with Crippen molar-refractivity contribution in [1.29, 1.82) is 0 Å². The molecule has 8 nitrogen and oxygen atoms in total. The second-order valence-corrected chi connectivity index (χ2v) is 6.87. The van der Waals surface area contributed by atoms with Crippen LogP contribution in [0, 0.1) is 4.91 Å². The van der Waals surface area contributed by atoms with E-state index in [4.69, 9.17) is 4.98 Å². The summed E-state index contributed by atoms with van der Waals surface area (Å²) in [6, 6.07) is 18.5. The summed E-state index contributed by atoms with van der Waals surface area (Å²) in [5.41, 5.74) is 5.93. The number of aromatic nitrogens is 6. The van der Waals surface area contributed by atoms with E-state index in [1.54, 1.807) is 24.3 Å². The van der Waals surface area contributed by atoms with Gasteiger partial charge in [0.25, 0.3) is 11.7 Å². The van der Waals surface area contributed by atoms with E-state index in [-0.39, 0.29) is 5.69 Å². The van der Waals surface area contributed by atoms with Gasteiger partial charge in [0.05, 0.1) is 26.5 Å². The first-order valence-electron chi connectivity index (χ1n) is 9.05. The monoisotopic (exact) mass is 382 g/mol. The van der Waals surface area contributed by atoms with Crippen molar-refractivity contribution in [3.63, 3.8) is 0 Å². The van der Waals surface area contributed by atoms with Crippen LogP contribution < -0.4 is 9.41 Å². The summed E-state index contributed by atoms with van der Waals surface area (Å²) >= 11 is 0. The van der Waals surface area contributed by atoms with Crippen molar-refractivity contribution >= 4 is 44.1 Å². The Bertz CT molecular complexity index is 1580. The topological polar surface area (TPSA) is 104 Å². The van der Waals surface area contributed by atoms with Crippen molar-refractivity contribution in [1.82, 2.24) is 19.7 Å². The van der Waals surface area contributed by atoms with Crippen molar-refractivity contribution in [3.05, 3.63) is 71.8 Å². The predicted octanol–water partition coefficient (Wildman–Crippen LogP) is 2.85. The molecule has 0 radical (unpaired) electrons. The largest absolute Gasteiger partial charge is 0.427 e. The summed E-state index contributed by atoms with van der Waals surface area (Å²) in [5.74, 6) is 0.387. The van der Waals surface area contributed by atoms with Crippen LogP contribution in [0.25, 0.3) is 55.7 Å². The molecule has 3 heterocycles. The highest BCUT2D eigenvalue weighted by molar-refractivity contribution is 5.94. The molecular formula is C21H14N6O2+2. The van der Waals surface area contributed by atoms with Gasteiger partial charge in [0, 0.05) is 23.1 Å². The number of imidazole rings is 1. The van der Waals surface area contributed by atoms with Crippen LogP contribution in [0.1, 0.15) is 0 Å². The predicted molar refractivity (Wildman–Crippen MR) is 107 cm³/mol. The number of H-pyrrole nitrogens is 2. The molecule has 29 heavy (non-hydrogen) atoms. The molecule has 0 bridgehead atoms. The van der Waals surface area contributed by atoms with Gasteiger partial charge in [0.15, 0.2) is 11.0 Å². The average molecular weight is 382 g/mol. The number of fused-ring (bicyclic) bond motifs is 4. The van der Waals surface area contributed by atoms with E-state index < -0.39 is 0 Å². The lowest BCUT2D eigenvalue weighted by molar-refractivity contribution is -0.465. The van der Waals surface area contributed by atoms with Crippen LogP contribution in [0.3, 0.4) is 0 Å². The molecule has 8 heteroatoms. The first-order chi connectivity index (χ1) is 14.2. The van der Waals surface area contributed by atoms with E-state index in [1.165, 1.54) is 6.20 Å². The number of hydrogen-bond acceptors (Lipinski definition) is 4. The van der Waals surface area contributed by atoms with Gasteiger partial charge < -0.3 is 10.2 Å². The maximum atomic E-state index is 12.4. The zero-order chi connectivity index (χ0) is 19.5. The fraction of sp³-hybridized carbons (Fsp3) is 0. The Morgan fingerprint density at radius 1 is 0.931 bits per heavy atom. The highest BCUT2D eigenvalue weighted by Crippen LogP contribution is 2.23. The summed E-state index contributed by atoms with van der Waals surface area (Å²) in [6.07, 6.45) is 1.30. The number of rotatable bonds is 1. The van der Waals surface area contributed by atoms with Gasteiger partial charge in [-0.25, -0.2) is 9.97 Å². The Balaban J connectivity index is 1.62. The third-order valence-corrected chi connectivity index (χ3v) is 5.07. The average Bonchev–Trinajstić information content (AvgIpc) is 3.15. The molecule has 3 aromatic carbocycles. The van der Waals surface area contributed by atoms with Crippen molar-refractivity contribution in [2.45, 2.75) is 0 Å². The number of nitrogens with zero attached hydrogens (tertiary/aromatic N) is 4. The zero-order valence-electron chi connectivity index (χ0n) is 15.0. The van der Waals surface area contributed by atoms with Crippen molar-refractivity contribution in [2.75, 3.05) is 0 Å². The van der Waals surface area contributed by atoms with Gasteiger partial charge in [-0.05, 0) is 23.2 Å². The highest BCUT2D eigenvalue weighted by Gasteiger charge is 2.26. The van der Waals surface area contributed by atoms with Crippen LogP contribution in [-0.4, -0.2) is 24.9 Å². The quantitative estimate of drug-likeness (QED) is 0.259. The Kier molecular flexibility index (Phi) is 3.02. The van der Waals surface area contributed by atoms with Crippen molar-refractivity contribution < 1.29 is 14.6 Å². The van der Waals surface area contributed by atoms with E-state index in [9.17, 15) is 10.1 Å². The molecule has 3 aromatic heterocycles. The Hall–Kier alpha value is -4.33. The maximum Gasteiger partial charge on any atom is 0.356 e. The van der Waals surface area contributed by atoms with Crippen molar-refractivity contribution in [2.24, 2.45) is 0 Å². The van der Waals surface area contributed by atoms with Gasteiger partial charge in [-0.15, -0.1) is 0 Å². The Morgan fingerprint density at radius 3 is 2.69 bits per heavy atom. The molecule has 3 N–H and O–H groups in total. The minimum atomic E-state index is 0.265. The van der Waals surface area contributed by atoms with Gasteiger partial charge in [-0.1, -0.05) is 24.3 Å². The highest BCUT2D eigenvalue weighted by atomic mass is 16.5. The van der Waals surface area contributed by atoms with Crippen LogP contribution >= 0.6 is 0 Å². The van der Waals surface area contributed by atoms with Gasteiger partial charge in [0.1, 0.15) is 0 Å². The molecule has 6 rings (SSSR count). The molecule has 6 aromatic rings. The van der Waals surface area contributed by atoms with E-state index >= 15 is 0 Å². The SMILES string of the molecule is O=[n+]1cc(-c2nc3cc4[nH]c5ccccc5nc4cc3[nH+]2)n(O)c2ccccc21. The van der Waals surface area contributed by atoms with Gasteiger partial charge >= 0.3 is 5.82 Å². The summed E-state index contributed by atoms with van der Waals surface area (Å²) < 4.78 is 1.70. The van der Waals surface area contributed by atoms with Crippen molar-refractivity contribution in [3.8, 4) is 11.5 Å². The summed E-state index contributed by atoms with van der Waals surface area (Å²) in [7, 11) is 0. The molecular weight excluding hydrogens is 368 g/mol. The third kappa shape index (κ3) is 2.29. The van der Waals surface area contributed by atoms with Gasteiger partial charge in [-0.2, -0.15) is 4.73 Å². The fourth-order valence-electron chi connectivity index (χ4n) is 3.67. The molecule has 0 atom stereocenters. The molecule has 0 unspecified atom stereocenters. The first-order valence-corrected chi connectivity index (χ1v) is 9.05. The number of para-hydroxylation sites is 4. The number of aromatic amines is 2. The molecule has 0 fully saturated rings. The second-order valence-electron chi connectivity index (χ2n) is 6.87. The Morgan fingerprint density at radius 2 is 1.76 bits per heavy atom. The third-order valence-electron chi connectivity index (χ3n) is 5.07. The molecule has 0 aliphatic carbocycles. The molecule has 0 saturated carbocycles. The smallest absolute Gasteiger partial charge is 0.356 e. The standard InChI is InChI=1S/C21H13N6O2/c28-26-11-20(27(29)19-8-4-3-7-18(19)26)21-24-16-9-14-15(10-17(16)25-21)23-13-6-2-1-5-12(13)22-14/h1-11,22,29H/q+1/p+1. The van der Waals surface area contributed by atoms with Crippen LogP contribution in [-0.2, 0) is 0 Å². The van der Waals surface area contributed by atoms with Crippen LogP contribution in [0.2, 0.25) is 0 Å². The van der Waals surface area contributed by atoms with Gasteiger partial charge in [-0.3, -0.25) is 0 Å². The lowest BCUT2D eigenvalue weighted by atomic mass is 10.2. The van der Waals surface area contributed by atoms with Crippen LogP contribution in [0.15, 0.2) is 66.9 Å². The minimum Gasteiger partial charge on any atom is -0.427 e. The molecule has 138 valence electrons. The zero-order valence-corrected chi connectivity index (χ0v) is 15.0. The van der Waals surface area contributed by atoms with Crippen LogP contribution in [0.5, 0.6) is 0 Å². The lowest BCUT2D eigenvalue weighted by Gasteiger charge is -2.00. The molecule has 0 spiro atoms. The lowest BCUT2D eigenvalue weighted by Crippen LogP contribution is -2.21. The molecule has 0 aliphatic rings. The van der Waals surface area contributed by atoms with E-state index in [2.05, 4.69) is 15.0 Å². The molecule has 0 aliphatic heterocycles. The summed E-state index contributed by atoms with van der Waals surface area (Å²) in [6.45, 7) is 0. The van der Waals surface area contributed by atoms with Gasteiger partial charge in [0.2, 0.25) is 11.2 Å². The van der Waals surface area contributed by atoms with E-state index in [0.717, 1.165) is 36.7 Å². The maximum absolute atomic E-state index is 12.4. The normalized spacial score (nSPS) is 11.7. The molecule has 0 saturated heterocycles. The van der Waals surface area contributed by atoms with E-state index in [1.807, 2.05) is 36.4 Å². The Labute approximate surface area is 162 Å². The van der Waals surface area contributed by atoms with E-state index in [0.29, 0.717) is 22.4 Å². The minimum absolute atomic E-state index is 0.265. The number of hydrogen-bond donors (Lipinski definition) is 2. The summed E-state index contributed by atoms with van der Waals surface area (Å²) in [5, 5.41) is 10.7. The van der Waals surface area contributed by atoms with Crippen LogP contribution in [0.4, 0.5) is 0 Å². The summed E-state index contributed by atoms with van der Waals surface area (Å²) in [4.78, 5) is 28.2. The molecule has 0 amide bonds. The second kappa shape index (κ2) is 5.59. The first kappa shape index (κ1) is 15.7. The number of nitrogens with one attached hydrogen (secondary N) is 2. The number of benzene rings is 3.